The Labute approximate surface area is 190 Å². The van der Waals surface area contributed by atoms with Crippen LogP contribution >= 0.6 is 0 Å². The molecule has 1 amide bonds. The van der Waals surface area contributed by atoms with E-state index in [9.17, 15) is 18.0 Å². The van der Waals surface area contributed by atoms with E-state index in [0.717, 1.165) is 11.1 Å². The average molecular weight is 461 g/mol. The van der Waals surface area contributed by atoms with Crippen LogP contribution in [0.2, 0.25) is 0 Å². The summed E-state index contributed by atoms with van der Waals surface area (Å²) < 4.78 is 32.7. The van der Waals surface area contributed by atoms with Gasteiger partial charge in [0.05, 0.1) is 4.90 Å². The second kappa shape index (κ2) is 8.31. The number of hydrogen-bond acceptors (Lipinski definition) is 5. The van der Waals surface area contributed by atoms with E-state index in [0.29, 0.717) is 29.6 Å². The molecular weight excluding hydrogens is 440 g/mol. The van der Waals surface area contributed by atoms with Gasteiger partial charge >= 0.3 is 5.63 Å². The average Bonchev–Trinajstić information content (AvgIpc) is 2.83. The lowest BCUT2D eigenvalue weighted by molar-refractivity contribution is 0.102. The first-order valence-electron chi connectivity index (χ1n) is 10.4. The van der Waals surface area contributed by atoms with Crippen molar-refractivity contribution in [1.82, 2.24) is 4.31 Å². The van der Waals surface area contributed by atoms with Gasteiger partial charge in [-0.05, 0) is 53.9 Å². The predicted molar refractivity (Wildman–Crippen MR) is 125 cm³/mol. The number of fused-ring (bicyclic) bond motifs is 2. The Bertz CT molecular complexity index is 1530. The highest BCUT2D eigenvalue weighted by atomic mass is 32.2. The molecule has 166 valence electrons. The van der Waals surface area contributed by atoms with Crippen molar-refractivity contribution in [2.24, 2.45) is 0 Å². The van der Waals surface area contributed by atoms with Crippen molar-refractivity contribution in [3.63, 3.8) is 0 Å². The van der Waals surface area contributed by atoms with Crippen molar-refractivity contribution < 1.29 is 17.6 Å². The summed E-state index contributed by atoms with van der Waals surface area (Å²) in [6, 6.07) is 22.2. The lowest BCUT2D eigenvalue weighted by Gasteiger charge is -2.28. The Kier molecular flexibility index (Phi) is 5.32. The van der Waals surface area contributed by atoms with Crippen LogP contribution in [0.3, 0.4) is 0 Å². The molecule has 0 aliphatic carbocycles. The van der Waals surface area contributed by atoms with Crippen molar-refractivity contribution in [3.05, 3.63) is 106 Å². The molecule has 0 spiro atoms. The number of benzene rings is 3. The number of sulfonamides is 1. The molecule has 3 aromatic carbocycles. The highest BCUT2D eigenvalue weighted by molar-refractivity contribution is 7.89. The fourth-order valence-corrected chi connectivity index (χ4v) is 5.41. The number of para-hydroxylation sites is 1. The minimum absolute atomic E-state index is 0.0975. The van der Waals surface area contributed by atoms with Crippen LogP contribution in [0, 0.1) is 0 Å². The number of rotatable bonds is 4. The van der Waals surface area contributed by atoms with Gasteiger partial charge in [-0.3, -0.25) is 4.79 Å². The van der Waals surface area contributed by atoms with Crippen LogP contribution in [-0.4, -0.2) is 25.2 Å². The molecule has 5 rings (SSSR count). The molecule has 33 heavy (non-hydrogen) atoms. The van der Waals surface area contributed by atoms with E-state index >= 15 is 0 Å². The second-order valence-electron chi connectivity index (χ2n) is 7.82. The molecule has 0 bridgehead atoms. The molecule has 0 saturated heterocycles. The van der Waals surface area contributed by atoms with Gasteiger partial charge in [0.1, 0.15) is 11.1 Å². The van der Waals surface area contributed by atoms with Crippen LogP contribution in [0.15, 0.2) is 93.0 Å². The lowest BCUT2D eigenvalue weighted by Crippen LogP contribution is -2.36. The first kappa shape index (κ1) is 21.1. The smallest absolute Gasteiger partial charge is 0.349 e. The number of carbonyl (C=O) groups is 1. The van der Waals surface area contributed by atoms with Gasteiger partial charge in [0, 0.05) is 24.2 Å². The molecule has 7 nitrogen and oxygen atoms in total. The van der Waals surface area contributed by atoms with Crippen molar-refractivity contribution in [1.29, 1.82) is 0 Å². The van der Waals surface area contributed by atoms with Crippen molar-refractivity contribution >= 4 is 32.6 Å². The van der Waals surface area contributed by atoms with Crippen LogP contribution in [0.25, 0.3) is 11.0 Å². The van der Waals surface area contributed by atoms with E-state index in [-0.39, 0.29) is 17.0 Å². The van der Waals surface area contributed by atoms with Gasteiger partial charge in [0.2, 0.25) is 10.0 Å². The SMILES string of the molecule is O=C(Nc1ccc2c(c1)CN(S(=O)(=O)c1ccccc1)CC2)c1cc2ccccc2oc1=O. The first-order valence-corrected chi connectivity index (χ1v) is 11.9. The van der Waals surface area contributed by atoms with Crippen LogP contribution in [-0.2, 0) is 23.0 Å². The highest BCUT2D eigenvalue weighted by Gasteiger charge is 2.28. The fraction of sp³-hybridized carbons (Fsp3) is 0.120. The Morgan fingerprint density at radius 3 is 2.48 bits per heavy atom. The van der Waals surface area contributed by atoms with Gasteiger partial charge in [-0.15, -0.1) is 0 Å². The number of anilines is 1. The Hall–Kier alpha value is -3.75. The molecule has 2 heterocycles. The summed E-state index contributed by atoms with van der Waals surface area (Å²) in [4.78, 5) is 25.3. The van der Waals surface area contributed by atoms with E-state index < -0.39 is 21.6 Å². The molecule has 0 atom stereocenters. The second-order valence-corrected chi connectivity index (χ2v) is 9.76. The molecule has 0 radical (unpaired) electrons. The van der Waals surface area contributed by atoms with Gasteiger partial charge < -0.3 is 9.73 Å². The van der Waals surface area contributed by atoms with Gasteiger partial charge in [-0.25, -0.2) is 13.2 Å². The lowest BCUT2D eigenvalue weighted by atomic mass is 10.0. The maximum absolute atomic E-state index is 13.0. The minimum Gasteiger partial charge on any atom is -0.422 e. The summed E-state index contributed by atoms with van der Waals surface area (Å²) in [7, 11) is -3.62. The molecular formula is C25H20N2O5S. The Morgan fingerprint density at radius 1 is 0.909 bits per heavy atom. The third-order valence-corrected chi connectivity index (χ3v) is 7.57. The molecule has 1 aliphatic heterocycles. The number of hydrogen-bond donors (Lipinski definition) is 1. The van der Waals surface area contributed by atoms with Crippen molar-refractivity contribution in [3.8, 4) is 0 Å². The summed E-state index contributed by atoms with van der Waals surface area (Å²) in [5.41, 5.74) is 1.91. The van der Waals surface area contributed by atoms with Gasteiger partial charge in [-0.1, -0.05) is 42.5 Å². The van der Waals surface area contributed by atoms with Crippen molar-refractivity contribution in [2.45, 2.75) is 17.9 Å². The van der Waals surface area contributed by atoms with Crippen LogP contribution < -0.4 is 10.9 Å². The zero-order valence-corrected chi connectivity index (χ0v) is 18.3. The maximum Gasteiger partial charge on any atom is 0.349 e. The molecule has 1 aromatic heterocycles. The van der Waals surface area contributed by atoms with E-state index in [2.05, 4.69) is 5.32 Å². The highest BCUT2D eigenvalue weighted by Crippen LogP contribution is 2.27. The number of nitrogens with zero attached hydrogens (tertiary/aromatic N) is 1. The first-order chi connectivity index (χ1) is 15.9. The standard InChI is InChI=1S/C25H20N2O5S/c28-24(22-15-18-6-4-5-9-23(18)32-25(22)29)26-20-11-10-17-12-13-27(16-19(17)14-20)33(30,31)21-7-2-1-3-8-21/h1-11,14-15H,12-13,16H2,(H,26,28). The fourth-order valence-electron chi connectivity index (χ4n) is 3.97. The normalized spacial score (nSPS) is 14.1. The quantitative estimate of drug-likeness (QED) is 0.468. The minimum atomic E-state index is -3.62. The number of nitrogens with one attached hydrogen (secondary N) is 1. The Balaban J connectivity index is 1.39. The van der Waals surface area contributed by atoms with Gasteiger partial charge in [0.15, 0.2) is 0 Å². The van der Waals surface area contributed by atoms with Gasteiger partial charge in [-0.2, -0.15) is 4.31 Å². The van der Waals surface area contributed by atoms with Crippen LogP contribution in [0.4, 0.5) is 5.69 Å². The summed E-state index contributed by atoms with van der Waals surface area (Å²) in [5.74, 6) is -0.584. The molecule has 0 saturated carbocycles. The molecule has 0 unspecified atom stereocenters. The molecule has 4 aromatic rings. The monoisotopic (exact) mass is 460 g/mol. The summed E-state index contributed by atoms with van der Waals surface area (Å²) in [6.07, 6.45) is 0.573. The molecule has 1 N–H and O–H groups in total. The largest absolute Gasteiger partial charge is 0.422 e. The number of amides is 1. The van der Waals surface area contributed by atoms with E-state index in [4.69, 9.17) is 4.42 Å². The molecule has 0 fully saturated rings. The zero-order valence-electron chi connectivity index (χ0n) is 17.5. The van der Waals surface area contributed by atoms with E-state index in [1.54, 1.807) is 66.7 Å². The molecule has 1 aliphatic rings. The third-order valence-electron chi connectivity index (χ3n) is 5.71. The van der Waals surface area contributed by atoms with Crippen LogP contribution in [0.1, 0.15) is 21.5 Å². The third kappa shape index (κ3) is 4.06. The van der Waals surface area contributed by atoms with Crippen LogP contribution in [0.5, 0.6) is 0 Å². The summed E-state index contributed by atoms with van der Waals surface area (Å²) >= 11 is 0. The number of carbonyl (C=O) groups excluding carboxylic acids is 1. The summed E-state index contributed by atoms with van der Waals surface area (Å²) in [6.45, 7) is 0.586. The predicted octanol–water partition coefficient (Wildman–Crippen LogP) is 3.79. The molecule has 8 heteroatoms. The topological polar surface area (TPSA) is 96.7 Å². The zero-order chi connectivity index (χ0) is 23.0. The van der Waals surface area contributed by atoms with E-state index in [1.807, 2.05) is 6.07 Å². The maximum atomic E-state index is 13.0. The van der Waals surface area contributed by atoms with E-state index in [1.165, 1.54) is 10.4 Å². The summed E-state index contributed by atoms with van der Waals surface area (Å²) in [5, 5.41) is 3.38. The Morgan fingerprint density at radius 2 is 1.67 bits per heavy atom. The van der Waals surface area contributed by atoms with Gasteiger partial charge in [0.25, 0.3) is 5.91 Å². The van der Waals surface area contributed by atoms with Crippen molar-refractivity contribution in [2.75, 3.05) is 11.9 Å².